The Morgan fingerprint density at radius 2 is 2.05 bits per heavy atom. The van der Waals surface area contributed by atoms with Crippen molar-refractivity contribution in [3.63, 3.8) is 0 Å². The van der Waals surface area contributed by atoms with Gasteiger partial charge in [0.1, 0.15) is 0 Å². The minimum Gasteiger partial charge on any atom is -0.392 e. The lowest BCUT2D eigenvalue weighted by Gasteiger charge is -2.07. The molecule has 0 saturated carbocycles. The van der Waals surface area contributed by atoms with Crippen LogP contribution in [0, 0.1) is 0 Å². The molecule has 0 aliphatic carbocycles. The number of aliphatic hydroxyl groups excluding tert-OH is 1. The number of benzene rings is 1. The first-order valence-electron chi connectivity index (χ1n) is 6.51. The van der Waals surface area contributed by atoms with Crippen LogP contribution >= 0.6 is 0 Å². The van der Waals surface area contributed by atoms with Crippen LogP contribution in [0.4, 0.5) is 0 Å². The highest BCUT2D eigenvalue weighted by molar-refractivity contribution is 5.80. The van der Waals surface area contributed by atoms with Gasteiger partial charge in [0, 0.05) is 37.2 Å². The first kappa shape index (κ1) is 12.0. The molecule has 0 aliphatic rings. The molecule has 19 heavy (non-hydrogen) atoms. The summed E-state index contributed by atoms with van der Waals surface area (Å²) in [5.41, 5.74) is 2.15. The Labute approximate surface area is 111 Å². The molecule has 3 aromatic rings. The molecule has 1 N–H and O–H groups in total. The third kappa shape index (κ3) is 2.53. The molecule has 0 spiro atoms. The maximum Gasteiger partial charge on any atom is 0.0945 e. The number of rotatable bonds is 5. The Morgan fingerprint density at radius 3 is 2.84 bits per heavy atom. The molecular weight excluding hydrogens is 238 g/mol. The smallest absolute Gasteiger partial charge is 0.0945 e. The Morgan fingerprint density at radius 1 is 1.11 bits per heavy atom. The highest BCUT2D eigenvalue weighted by atomic mass is 16.3. The SMILES string of the molecule is OCc1ccc2ccn(CCCn3ccnc3)c2c1. The molecule has 0 saturated heterocycles. The number of nitrogens with zero attached hydrogens (tertiary/aromatic N) is 3. The van der Waals surface area contributed by atoms with Crippen molar-refractivity contribution in [2.75, 3.05) is 0 Å². The molecule has 0 amide bonds. The minimum atomic E-state index is 0.0934. The topological polar surface area (TPSA) is 43.0 Å². The van der Waals surface area contributed by atoms with E-state index in [1.807, 2.05) is 18.6 Å². The minimum absolute atomic E-state index is 0.0934. The van der Waals surface area contributed by atoms with Gasteiger partial charge >= 0.3 is 0 Å². The van der Waals surface area contributed by atoms with Crippen LogP contribution in [0.2, 0.25) is 0 Å². The quantitative estimate of drug-likeness (QED) is 0.761. The molecule has 4 nitrogen and oxygen atoms in total. The van der Waals surface area contributed by atoms with E-state index in [1.54, 1.807) is 6.20 Å². The van der Waals surface area contributed by atoms with Gasteiger partial charge in [0.05, 0.1) is 12.9 Å². The van der Waals surface area contributed by atoms with E-state index >= 15 is 0 Å². The molecule has 98 valence electrons. The van der Waals surface area contributed by atoms with E-state index < -0.39 is 0 Å². The van der Waals surface area contributed by atoms with E-state index in [9.17, 15) is 5.11 Å². The van der Waals surface area contributed by atoms with Crippen LogP contribution in [-0.2, 0) is 19.7 Å². The second kappa shape index (κ2) is 5.28. The van der Waals surface area contributed by atoms with E-state index in [0.29, 0.717) is 0 Å². The lowest BCUT2D eigenvalue weighted by molar-refractivity contribution is 0.282. The van der Waals surface area contributed by atoms with Crippen LogP contribution < -0.4 is 0 Å². The Balaban J connectivity index is 1.73. The number of imidazole rings is 1. The Bertz CT molecular complexity index is 655. The summed E-state index contributed by atoms with van der Waals surface area (Å²) in [5, 5.41) is 10.4. The zero-order valence-electron chi connectivity index (χ0n) is 10.7. The van der Waals surface area contributed by atoms with E-state index in [2.05, 4.69) is 38.5 Å². The molecule has 0 radical (unpaired) electrons. The van der Waals surface area contributed by atoms with Crippen molar-refractivity contribution in [1.82, 2.24) is 14.1 Å². The van der Waals surface area contributed by atoms with Crippen molar-refractivity contribution in [3.8, 4) is 0 Å². The summed E-state index contributed by atoms with van der Waals surface area (Å²) in [7, 11) is 0. The molecule has 0 unspecified atom stereocenters. The maximum absolute atomic E-state index is 9.21. The molecule has 2 heterocycles. The summed E-state index contributed by atoms with van der Waals surface area (Å²) in [6.45, 7) is 2.03. The number of aryl methyl sites for hydroxylation is 2. The van der Waals surface area contributed by atoms with Crippen LogP contribution in [-0.4, -0.2) is 19.2 Å². The molecule has 0 atom stereocenters. The van der Waals surface area contributed by atoms with Crippen molar-refractivity contribution in [1.29, 1.82) is 0 Å². The molecule has 0 aliphatic heterocycles. The number of aromatic nitrogens is 3. The van der Waals surface area contributed by atoms with Crippen molar-refractivity contribution in [3.05, 3.63) is 54.7 Å². The van der Waals surface area contributed by atoms with E-state index in [-0.39, 0.29) is 6.61 Å². The van der Waals surface area contributed by atoms with Crippen molar-refractivity contribution < 1.29 is 5.11 Å². The van der Waals surface area contributed by atoms with E-state index in [1.165, 1.54) is 10.9 Å². The van der Waals surface area contributed by atoms with Crippen molar-refractivity contribution >= 4 is 10.9 Å². The summed E-state index contributed by atoms with van der Waals surface area (Å²) < 4.78 is 4.33. The second-order valence-electron chi connectivity index (χ2n) is 4.71. The van der Waals surface area contributed by atoms with Gasteiger partial charge in [-0.25, -0.2) is 4.98 Å². The number of fused-ring (bicyclic) bond motifs is 1. The third-order valence-corrected chi connectivity index (χ3v) is 3.40. The zero-order chi connectivity index (χ0) is 13.1. The molecule has 3 rings (SSSR count). The highest BCUT2D eigenvalue weighted by Gasteiger charge is 2.02. The molecule has 1 aromatic carbocycles. The van der Waals surface area contributed by atoms with E-state index in [4.69, 9.17) is 0 Å². The third-order valence-electron chi connectivity index (χ3n) is 3.40. The van der Waals surface area contributed by atoms with Gasteiger partial charge in [-0.15, -0.1) is 0 Å². The fourth-order valence-corrected chi connectivity index (χ4v) is 2.37. The second-order valence-corrected chi connectivity index (χ2v) is 4.71. The highest BCUT2D eigenvalue weighted by Crippen LogP contribution is 2.18. The summed E-state index contributed by atoms with van der Waals surface area (Å²) in [4.78, 5) is 4.04. The monoisotopic (exact) mass is 255 g/mol. The first-order valence-corrected chi connectivity index (χ1v) is 6.51. The molecule has 2 aromatic heterocycles. The largest absolute Gasteiger partial charge is 0.392 e. The van der Waals surface area contributed by atoms with E-state index in [0.717, 1.165) is 25.1 Å². The summed E-state index contributed by atoms with van der Waals surface area (Å²) in [6.07, 6.45) is 8.80. The molecule has 0 bridgehead atoms. The van der Waals surface area contributed by atoms with Gasteiger partial charge in [-0.2, -0.15) is 0 Å². The van der Waals surface area contributed by atoms with Gasteiger partial charge < -0.3 is 14.2 Å². The van der Waals surface area contributed by atoms with Crippen LogP contribution in [0.5, 0.6) is 0 Å². The van der Waals surface area contributed by atoms with Gasteiger partial charge in [0.25, 0.3) is 0 Å². The van der Waals surface area contributed by atoms with Crippen LogP contribution in [0.3, 0.4) is 0 Å². The average Bonchev–Trinajstić information content (AvgIpc) is 3.08. The lowest BCUT2D eigenvalue weighted by Crippen LogP contribution is -2.02. The fourth-order valence-electron chi connectivity index (χ4n) is 2.37. The number of hydrogen-bond acceptors (Lipinski definition) is 2. The van der Waals surface area contributed by atoms with Gasteiger partial charge in [0.2, 0.25) is 0 Å². The molecule has 4 heteroatoms. The fraction of sp³-hybridized carbons (Fsp3) is 0.267. The predicted octanol–water partition coefficient (Wildman–Crippen LogP) is 2.42. The normalized spacial score (nSPS) is 11.2. The standard InChI is InChI=1S/C15H17N3O/c19-11-13-2-3-14-4-8-18(15(14)10-13)7-1-6-17-9-5-16-12-17/h2-5,8-10,12,19H,1,6-7,11H2. The van der Waals surface area contributed by atoms with Crippen molar-refractivity contribution in [2.24, 2.45) is 0 Å². The van der Waals surface area contributed by atoms with Gasteiger partial charge in [-0.1, -0.05) is 12.1 Å². The summed E-state index contributed by atoms with van der Waals surface area (Å²) in [5.74, 6) is 0. The lowest BCUT2D eigenvalue weighted by atomic mass is 10.2. The van der Waals surface area contributed by atoms with Gasteiger partial charge in [-0.3, -0.25) is 0 Å². The average molecular weight is 255 g/mol. The molecular formula is C15H17N3O. The van der Waals surface area contributed by atoms with Crippen LogP contribution in [0.15, 0.2) is 49.2 Å². The van der Waals surface area contributed by atoms with Crippen LogP contribution in [0.25, 0.3) is 10.9 Å². The van der Waals surface area contributed by atoms with Gasteiger partial charge in [0.15, 0.2) is 0 Å². The predicted molar refractivity (Wildman–Crippen MR) is 74.7 cm³/mol. The first-order chi connectivity index (χ1) is 9.36. The Kier molecular flexibility index (Phi) is 3.33. The summed E-state index contributed by atoms with van der Waals surface area (Å²) >= 11 is 0. The zero-order valence-corrected chi connectivity index (χ0v) is 10.7. The Hall–Kier alpha value is -2.07. The van der Waals surface area contributed by atoms with Gasteiger partial charge in [-0.05, 0) is 29.5 Å². The maximum atomic E-state index is 9.21. The number of hydrogen-bond donors (Lipinski definition) is 1. The summed E-state index contributed by atoms with van der Waals surface area (Å²) in [6, 6.07) is 8.21. The van der Waals surface area contributed by atoms with Crippen LogP contribution in [0.1, 0.15) is 12.0 Å². The molecule has 0 fully saturated rings. The number of aliphatic hydroxyl groups is 1. The van der Waals surface area contributed by atoms with Crippen molar-refractivity contribution in [2.45, 2.75) is 26.1 Å².